The maximum atomic E-state index is 9.69. The van der Waals surface area contributed by atoms with Gasteiger partial charge in [-0.3, -0.25) is 0 Å². The molecule has 3 atom stereocenters. The highest BCUT2D eigenvalue weighted by molar-refractivity contribution is 5.30. The smallest absolute Gasteiger partial charge is 0.0756 e. The summed E-state index contributed by atoms with van der Waals surface area (Å²) in [5.74, 6) is 0. The van der Waals surface area contributed by atoms with Gasteiger partial charge >= 0.3 is 0 Å². The molecule has 1 aromatic carbocycles. The van der Waals surface area contributed by atoms with Crippen LogP contribution in [0, 0.1) is 0 Å². The van der Waals surface area contributed by atoms with Gasteiger partial charge in [-0.1, -0.05) is 24.3 Å². The number of nitrogens with two attached hydrogens (primary N) is 1. The maximum Gasteiger partial charge on any atom is 0.0756 e. The van der Waals surface area contributed by atoms with Crippen molar-refractivity contribution in [2.24, 2.45) is 5.73 Å². The zero-order valence-electron chi connectivity index (χ0n) is 7.93. The van der Waals surface area contributed by atoms with Crippen LogP contribution in [0.15, 0.2) is 24.3 Å². The molecule has 0 fully saturated rings. The van der Waals surface area contributed by atoms with E-state index in [1.165, 1.54) is 0 Å². The van der Waals surface area contributed by atoms with Crippen molar-refractivity contribution in [2.75, 3.05) is 0 Å². The number of aliphatic hydroxyl groups excluding tert-OH is 2. The van der Waals surface area contributed by atoms with Crippen LogP contribution < -0.4 is 5.73 Å². The summed E-state index contributed by atoms with van der Waals surface area (Å²) >= 11 is 0. The normalized spacial score (nSPS) is 32.1. The van der Waals surface area contributed by atoms with Gasteiger partial charge in [-0.15, -0.1) is 0 Å². The van der Waals surface area contributed by atoms with Crippen LogP contribution >= 0.6 is 0 Å². The summed E-state index contributed by atoms with van der Waals surface area (Å²) in [4.78, 5) is 0. The minimum Gasteiger partial charge on any atom is -0.391 e. The lowest BCUT2D eigenvalue weighted by molar-refractivity contribution is 0.0615. The van der Waals surface area contributed by atoms with Crippen molar-refractivity contribution in [3.05, 3.63) is 35.4 Å². The van der Waals surface area contributed by atoms with Crippen molar-refractivity contribution < 1.29 is 10.2 Å². The molecule has 14 heavy (non-hydrogen) atoms. The first-order chi connectivity index (χ1) is 6.68. The zero-order valence-corrected chi connectivity index (χ0v) is 7.93. The molecule has 0 bridgehead atoms. The summed E-state index contributed by atoms with van der Waals surface area (Å²) in [6.45, 7) is 0. The zero-order chi connectivity index (χ0) is 10.1. The molecule has 0 spiro atoms. The van der Waals surface area contributed by atoms with E-state index >= 15 is 0 Å². The minimum absolute atomic E-state index is 0.536. The third-order valence-electron chi connectivity index (χ3n) is 2.87. The molecule has 1 aliphatic rings. The molecule has 1 aliphatic carbocycles. The number of benzene rings is 1. The molecule has 0 saturated carbocycles. The highest BCUT2D eigenvalue weighted by Crippen LogP contribution is 2.20. The molecule has 2 rings (SSSR count). The molecular formula is C11H15NO2. The molecule has 1 unspecified atom stereocenters. The van der Waals surface area contributed by atoms with E-state index in [0.717, 1.165) is 11.1 Å². The Balaban J connectivity index is 2.34. The molecule has 0 heterocycles. The summed E-state index contributed by atoms with van der Waals surface area (Å²) in [6.07, 6.45) is -0.217. The van der Waals surface area contributed by atoms with Gasteiger partial charge < -0.3 is 15.9 Å². The summed E-state index contributed by atoms with van der Waals surface area (Å²) in [5, 5.41) is 19.4. The molecule has 0 radical (unpaired) electrons. The van der Waals surface area contributed by atoms with Crippen LogP contribution in [0.4, 0.5) is 0 Å². The summed E-state index contributed by atoms with van der Waals surface area (Å²) in [7, 11) is 0. The van der Waals surface area contributed by atoms with Crippen LogP contribution in [0.1, 0.15) is 11.1 Å². The second-order valence-electron chi connectivity index (χ2n) is 3.89. The van der Waals surface area contributed by atoms with E-state index < -0.39 is 18.2 Å². The van der Waals surface area contributed by atoms with Crippen molar-refractivity contribution in [2.45, 2.75) is 31.1 Å². The van der Waals surface area contributed by atoms with Gasteiger partial charge in [-0.05, 0) is 11.1 Å². The second-order valence-corrected chi connectivity index (χ2v) is 3.89. The molecule has 76 valence electrons. The Morgan fingerprint density at radius 1 is 1.00 bits per heavy atom. The maximum absolute atomic E-state index is 9.69. The summed E-state index contributed by atoms with van der Waals surface area (Å²) in [5.41, 5.74) is 7.88. The number of hydrogen-bond donors (Lipinski definition) is 3. The Bertz CT molecular complexity index is 296. The van der Waals surface area contributed by atoms with Gasteiger partial charge in [0.25, 0.3) is 0 Å². The molecule has 0 saturated heterocycles. The van der Waals surface area contributed by atoms with Crippen molar-refractivity contribution in [1.29, 1.82) is 0 Å². The van der Waals surface area contributed by atoms with Gasteiger partial charge in [-0.2, -0.15) is 0 Å². The fourth-order valence-corrected chi connectivity index (χ4v) is 1.93. The quantitative estimate of drug-likeness (QED) is 0.501. The molecule has 3 nitrogen and oxygen atoms in total. The first-order valence-electron chi connectivity index (χ1n) is 4.87. The number of aliphatic hydroxyl groups is 2. The van der Waals surface area contributed by atoms with E-state index in [4.69, 9.17) is 5.73 Å². The fraction of sp³-hybridized carbons (Fsp3) is 0.455. The SMILES string of the molecule is NC1[C@H](O)Cc2ccccc2C[C@@H]1O. The van der Waals surface area contributed by atoms with E-state index in [-0.39, 0.29) is 0 Å². The summed E-state index contributed by atoms with van der Waals surface area (Å²) in [6, 6.07) is 7.29. The summed E-state index contributed by atoms with van der Waals surface area (Å²) < 4.78 is 0. The van der Waals surface area contributed by atoms with Crippen molar-refractivity contribution in [3.8, 4) is 0 Å². The van der Waals surface area contributed by atoms with E-state index in [0.29, 0.717) is 12.8 Å². The number of hydrogen-bond acceptors (Lipinski definition) is 3. The third kappa shape index (κ3) is 1.66. The van der Waals surface area contributed by atoms with Crippen LogP contribution in [0.5, 0.6) is 0 Å². The van der Waals surface area contributed by atoms with Crippen LogP contribution in [0.2, 0.25) is 0 Å². The average molecular weight is 193 g/mol. The predicted molar refractivity (Wildman–Crippen MR) is 53.8 cm³/mol. The largest absolute Gasteiger partial charge is 0.391 e. The fourth-order valence-electron chi connectivity index (χ4n) is 1.93. The minimum atomic E-state index is -0.645. The van der Waals surface area contributed by atoms with Gasteiger partial charge in [0, 0.05) is 12.8 Å². The van der Waals surface area contributed by atoms with E-state index in [9.17, 15) is 10.2 Å². The highest BCUT2D eigenvalue weighted by atomic mass is 16.3. The van der Waals surface area contributed by atoms with Crippen molar-refractivity contribution in [1.82, 2.24) is 0 Å². The molecule has 0 aliphatic heterocycles. The van der Waals surface area contributed by atoms with Crippen molar-refractivity contribution >= 4 is 0 Å². The molecule has 0 aromatic heterocycles. The number of fused-ring (bicyclic) bond motifs is 1. The van der Waals surface area contributed by atoms with E-state index in [2.05, 4.69) is 0 Å². The predicted octanol–water partition coefficient (Wildman–Crippen LogP) is -0.166. The lowest BCUT2D eigenvalue weighted by Crippen LogP contribution is -2.45. The third-order valence-corrected chi connectivity index (χ3v) is 2.87. The molecular weight excluding hydrogens is 178 g/mol. The Kier molecular flexibility index (Phi) is 2.54. The molecule has 4 N–H and O–H groups in total. The first kappa shape index (κ1) is 9.65. The van der Waals surface area contributed by atoms with Gasteiger partial charge in [0.15, 0.2) is 0 Å². The standard InChI is InChI=1S/C11H15NO2/c12-11-9(13)5-7-3-1-2-4-8(7)6-10(11)14/h1-4,9-11,13-14H,5-6,12H2/t9-,10+,11?. The van der Waals surface area contributed by atoms with Crippen LogP contribution in [-0.2, 0) is 12.8 Å². The van der Waals surface area contributed by atoms with Crippen LogP contribution in [0.25, 0.3) is 0 Å². The van der Waals surface area contributed by atoms with Gasteiger partial charge in [0.2, 0.25) is 0 Å². The highest BCUT2D eigenvalue weighted by Gasteiger charge is 2.28. The average Bonchev–Trinajstić information content (AvgIpc) is 2.28. The Labute approximate surface area is 83.2 Å². The van der Waals surface area contributed by atoms with Crippen molar-refractivity contribution in [3.63, 3.8) is 0 Å². The Hall–Kier alpha value is -0.900. The monoisotopic (exact) mass is 193 g/mol. The Morgan fingerprint density at radius 2 is 1.43 bits per heavy atom. The van der Waals surface area contributed by atoms with E-state index in [1.807, 2.05) is 24.3 Å². The second kappa shape index (κ2) is 3.69. The van der Waals surface area contributed by atoms with Crippen LogP contribution in [-0.4, -0.2) is 28.5 Å². The van der Waals surface area contributed by atoms with Gasteiger partial charge in [0.05, 0.1) is 18.2 Å². The van der Waals surface area contributed by atoms with Crippen LogP contribution in [0.3, 0.4) is 0 Å². The lowest BCUT2D eigenvalue weighted by Gasteiger charge is -2.19. The lowest BCUT2D eigenvalue weighted by atomic mass is 10.0. The molecule has 3 heteroatoms. The van der Waals surface area contributed by atoms with E-state index in [1.54, 1.807) is 0 Å². The Morgan fingerprint density at radius 3 is 1.86 bits per heavy atom. The van der Waals surface area contributed by atoms with Gasteiger partial charge in [-0.25, -0.2) is 0 Å². The molecule has 1 aromatic rings. The van der Waals surface area contributed by atoms with Gasteiger partial charge in [0.1, 0.15) is 0 Å². The first-order valence-corrected chi connectivity index (χ1v) is 4.87. The molecule has 0 amide bonds. The topological polar surface area (TPSA) is 66.5 Å². The number of rotatable bonds is 0.